The van der Waals surface area contributed by atoms with E-state index in [1.165, 1.54) is 17.8 Å². The van der Waals surface area contributed by atoms with Crippen molar-refractivity contribution in [2.45, 2.75) is 51.7 Å². The molecular formula is C33H31N5O2S2. The summed E-state index contributed by atoms with van der Waals surface area (Å²) in [5.41, 5.74) is 3.44. The van der Waals surface area contributed by atoms with Gasteiger partial charge in [0.1, 0.15) is 0 Å². The molecule has 1 aliphatic carbocycles. The number of anilines is 1. The van der Waals surface area contributed by atoms with Gasteiger partial charge in [0.25, 0.3) is 5.91 Å². The lowest BCUT2D eigenvalue weighted by Crippen LogP contribution is -2.37. The number of thiophene rings is 2. The van der Waals surface area contributed by atoms with Gasteiger partial charge < -0.3 is 14.8 Å². The molecule has 1 N–H and O–H groups in total. The molecule has 0 spiro atoms. The topological polar surface area (TPSA) is 91.0 Å². The number of benzene rings is 2. The predicted octanol–water partition coefficient (Wildman–Crippen LogP) is 7.12. The zero-order valence-corrected chi connectivity index (χ0v) is 24.8. The average molecular weight is 594 g/mol. The van der Waals surface area contributed by atoms with Crippen LogP contribution in [0, 0.1) is 17.2 Å². The lowest BCUT2D eigenvalue weighted by molar-refractivity contribution is -0.123. The van der Waals surface area contributed by atoms with Gasteiger partial charge in [-0.3, -0.25) is 9.59 Å². The van der Waals surface area contributed by atoms with Crippen LogP contribution < -0.4 is 10.2 Å². The molecule has 0 bridgehead atoms. The average Bonchev–Trinajstić information content (AvgIpc) is 3.80. The summed E-state index contributed by atoms with van der Waals surface area (Å²) in [6, 6.07) is 21.6. The normalized spacial score (nSPS) is 13.6. The molecular weight excluding hydrogens is 563 g/mol. The molecule has 0 atom stereocenters. The maximum atomic E-state index is 14.0. The molecule has 1 fully saturated rings. The molecule has 0 aliphatic heterocycles. The van der Waals surface area contributed by atoms with Crippen LogP contribution in [0.2, 0.25) is 0 Å². The number of hydrogen-bond donors (Lipinski definition) is 1. The second-order valence-corrected chi connectivity index (χ2v) is 12.8. The molecule has 42 heavy (non-hydrogen) atoms. The van der Waals surface area contributed by atoms with E-state index in [0.717, 1.165) is 57.6 Å². The molecule has 5 aromatic rings. The van der Waals surface area contributed by atoms with Crippen molar-refractivity contribution in [2.75, 3.05) is 4.90 Å². The van der Waals surface area contributed by atoms with Crippen LogP contribution in [-0.4, -0.2) is 21.4 Å². The number of rotatable bonds is 9. The van der Waals surface area contributed by atoms with Crippen LogP contribution in [0.25, 0.3) is 10.1 Å². The first-order valence-electron chi connectivity index (χ1n) is 14.2. The molecule has 212 valence electrons. The third kappa shape index (κ3) is 6.30. The zero-order valence-electron chi connectivity index (χ0n) is 23.2. The van der Waals surface area contributed by atoms with Crippen molar-refractivity contribution in [3.63, 3.8) is 0 Å². The van der Waals surface area contributed by atoms with Crippen molar-refractivity contribution in [3.8, 4) is 6.07 Å². The molecule has 0 unspecified atom stereocenters. The van der Waals surface area contributed by atoms with Gasteiger partial charge in [-0.25, -0.2) is 4.98 Å². The standard InChI is InChI=1S/C33H31N5O2S2/c34-17-23-8-10-24(11-9-23)20-37-22-35-18-28(37)21-38(33(40)25-5-2-1-3-6-25)27-12-13-30-26(15-27)16-31(42-30)32(39)36-19-29-7-4-14-41-29/h4,7-16,18,22,25H,1-3,5-6,19-21H2,(H,36,39). The van der Waals surface area contributed by atoms with Crippen LogP contribution in [0.1, 0.15) is 63.5 Å². The second-order valence-electron chi connectivity index (χ2n) is 10.7. The molecule has 9 heteroatoms. The number of carbonyl (C=O) groups is 2. The largest absolute Gasteiger partial charge is 0.346 e. The van der Waals surface area contributed by atoms with Crippen LogP contribution in [0.15, 0.2) is 78.6 Å². The van der Waals surface area contributed by atoms with Gasteiger partial charge in [-0.05, 0) is 71.6 Å². The smallest absolute Gasteiger partial charge is 0.261 e. The number of hydrogen-bond acceptors (Lipinski definition) is 6. The molecule has 2 aromatic carbocycles. The molecule has 2 amide bonds. The monoisotopic (exact) mass is 593 g/mol. The van der Waals surface area contributed by atoms with Crippen molar-refractivity contribution >= 4 is 50.3 Å². The second kappa shape index (κ2) is 12.7. The molecule has 7 nitrogen and oxygen atoms in total. The Morgan fingerprint density at radius 1 is 1.07 bits per heavy atom. The van der Waals surface area contributed by atoms with Crippen LogP contribution in [0.3, 0.4) is 0 Å². The van der Waals surface area contributed by atoms with E-state index < -0.39 is 0 Å². The van der Waals surface area contributed by atoms with Crippen LogP contribution in [0.5, 0.6) is 0 Å². The van der Waals surface area contributed by atoms with Gasteiger partial charge in [0.05, 0.1) is 41.6 Å². The van der Waals surface area contributed by atoms with Crippen LogP contribution >= 0.6 is 22.7 Å². The Hall–Kier alpha value is -4.26. The van der Waals surface area contributed by atoms with Gasteiger partial charge in [0.2, 0.25) is 5.91 Å². The summed E-state index contributed by atoms with van der Waals surface area (Å²) in [5.74, 6) is 0.0581. The zero-order chi connectivity index (χ0) is 28.9. The van der Waals surface area contributed by atoms with E-state index in [-0.39, 0.29) is 17.7 Å². The number of amides is 2. The Morgan fingerprint density at radius 3 is 2.67 bits per heavy atom. The highest BCUT2D eigenvalue weighted by Crippen LogP contribution is 2.33. The molecule has 0 saturated heterocycles. The van der Waals surface area contributed by atoms with E-state index in [1.54, 1.807) is 17.7 Å². The van der Waals surface area contributed by atoms with Crippen LogP contribution in [0.4, 0.5) is 5.69 Å². The fourth-order valence-electron chi connectivity index (χ4n) is 5.51. The molecule has 3 aromatic heterocycles. The highest BCUT2D eigenvalue weighted by molar-refractivity contribution is 7.20. The fraction of sp³-hybridized carbons (Fsp3) is 0.273. The quantitative estimate of drug-likeness (QED) is 0.197. The van der Waals surface area contributed by atoms with Crippen molar-refractivity contribution in [1.29, 1.82) is 5.26 Å². The van der Waals surface area contributed by atoms with Gasteiger partial charge in [0.15, 0.2) is 0 Å². The van der Waals surface area contributed by atoms with E-state index in [4.69, 9.17) is 5.26 Å². The third-order valence-corrected chi connectivity index (χ3v) is 9.80. The lowest BCUT2D eigenvalue weighted by atomic mass is 9.88. The van der Waals surface area contributed by atoms with Crippen molar-refractivity contribution < 1.29 is 9.59 Å². The summed E-state index contributed by atoms with van der Waals surface area (Å²) < 4.78 is 3.07. The number of carbonyl (C=O) groups excluding carboxylic acids is 2. The predicted molar refractivity (Wildman–Crippen MR) is 168 cm³/mol. The SMILES string of the molecule is N#Cc1ccc(Cn2cncc2CN(C(=O)C2CCCCC2)c2ccc3sc(C(=O)NCc4cccs4)cc3c2)cc1. The summed E-state index contributed by atoms with van der Waals surface area (Å²) in [5, 5.41) is 15.1. The number of nitrogens with zero attached hydrogens (tertiary/aromatic N) is 4. The third-order valence-electron chi connectivity index (χ3n) is 7.81. The summed E-state index contributed by atoms with van der Waals surface area (Å²) in [6.07, 6.45) is 8.77. The van der Waals surface area contributed by atoms with Gasteiger partial charge in [-0.1, -0.05) is 37.5 Å². The minimum Gasteiger partial charge on any atom is -0.346 e. The number of nitriles is 1. The van der Waals surface area contributed by atoms with Crippen molar-refractivity contribution in [2.24, 2.45) is 5.92 Å². The van der Waals surface area contributed by atoms with E-state index in [0.29, 0.717) is 30.1 Å². The molecule has 1 saturated carbocycles. The molecule has 6 rings (SSSR count). The summed E-state index contributed by atoms with van der Waals surface area (Å²) in [6.45, 7) is 1.51. The first-order chi connectivity index (χ1) is 20.6. The minimum absolute atomic E-state index is 0.00501. The van der Waals surface area contributed by atoms with E-state index in [1.807, 2.05) is 77.1 Å². The fourth-order valence-corrected chi connectivity index (χ4v) is 7.11. The van der Waals surface area contributed by atoms with E-state index in [9.17, 15) is 9.59 Å². The van der Waals surface area contributed by atoms with Gasteiger partial charge in [-0.2, -0.15) is 5.26 Å². The van der Waals surface area contributed by atoms with Gasteiger partial charge >= 0.3 is 0 Å². The summed E-state index contributed by atoms with van der Waals surface area (Å²) in [7, 11) is 0. The number of imidazole rings is 1. The lowest BCUT2D eigenvalue weighted by Gasteiger charge is -2.30. The van der Waals surface area contributed by atoms with Crippen molar-refractivity contribution in [3.05, 3.63) is 105 Å². The maximum Gasteiger partial charge on any atom is 0.261 e. The highest BCUT2D eigenvalue weighted by Gasteiger charge is 2.28. The van der Waals surface area contributed by atoms with Gasteiger partial charge in [-0.15, -0.1) is 22.7 Å². The molecule has 0 radical (unpaired) electrons. The van der Waals surface area contributed by atoms with E-state index >= 15 is 0 Å². The first kappa shape index (κ1) is 27.9. The summed E-state index contributed by atoms with van der Waals surface area (Å²) >= 11 is 3.09. The van der Waals surface area contributed by atoms with Crippen LogP contribution in [-0.2, 0) is 24.4 Å². The number of fused-ring (bicyclic) bond motifs is 1. The minimum atomic E-state index is -0.0898. The Labute approximate surface area is 253 Å². The number of aromatic nitrogens is 2. The first-order valence-corrected chi connectivity index (χ1v) is 15.9. The molecule has 3 heterocycles. The Balaban J connectivity index is 1.26. The Kier molecular flexibility index (Phi) is 8.45. The number of nitrogens with one attached hydrogen (secondary N) is 1. The Morgan fingerprint density at radius 2 is 1.90 bits per heavy atom. The van der Waals surface area contributed by atoms with E-state index in [2.05, 4.69) is 20.9 Å². The van der Waals surface area contributed by atoms with Gasteiger partial charge in [0, 0.05) is 33.9 Å². The molecule has 1 aliphatic rings. The maximum absolute atomic E-state index is 14.0. The van der Waals surface area contributed by atoms with Crippen molar-refractivity contribution in [1.82, 2.24) is 14.9 Å². The summed E-state index contributed by atoms with van der Waals surface area (Å²) in [4.78, 5) is 35.0. The highest BCUT2D eigenvalue weighted by atomic mass is 32.1. The Bertz CT molecular complexity index is 1720.